The number of hydrogen-bond acceptors (Lipinski definition) is 5. The average Bonchev–Trinajstić information content (AvgIpc) is 3.48. The number of hydrogen-bond donors (Lipinski definition) is 0. The number of methoxy groups -OCH3 is 1. The second-order valence-corrected chi connectivity index (χ2v) is 7.07. The monoisotopic (exact) mass is 405 g/mol. The molecule has 4 aromatic heterocycles. The molecule has 0 bridgehead atoms. The summed E-state index contributed by atoms with van der Waals surface area (Å²) in [4.78, 5) is 29.9. The van der Waals surface area contributed by atoms with Gasteiger partial charge in [0.05, 0.1) is 25.6 Å². The third-order valence-electron chi connectivity index (χ3n) is 5.32. The zero-order valence-electron chi connectivity index (χ0n) is 16.7. The van der Waals surface area contributed by atoms with E-state index in [9.17, 15) is 9.59 Å². The van der Waals surface area contributed by atoms with Crippen molar-refractivity contribution in [1.29, 1.82) is 0 Å². The minimum atomic E-state index is -0.418. The minimum Gasteiger partial charge on any atom is -0.497 e. The van der Waals surface area contributed by atoms with Gasteiger partial charge in [0.25, 0.3) is 5.56 Å². The third-order valence-corrected chi connectivity index (χ3v) is 5.32. The fourth-order valence-corrected chi connectivity index (χ4v) is 3.74. The molecule has 0 unspecified atom stereocenters. The minimum absolute atomic E-state index is 0.337. The van der Waals surface area contributed by atoms with Gasteiger partial charge in [-0.15, -0.1) is 0 Å². The highest BCUT2D eigenvalue weighted by Crippen LogP contribution is 2.28. The topological polar surface area (TPSA) is 88.6 Å². The molecule has 9 heteroatoms. The molecule has 0 atom stereocenters. The number of rotatable bonds is 4. The molecule has 0 fully saturated rings. The van der Waals surface area contributed by atoms with Gasteiger partial charge in [-0.25, -0.2) is 4.79 Å². The Hall–Kier alpha value is -4.01. The number of aromatic nitrogens is 5. The maximum Gasteiger partial charge on any atom is 0.332 e. The summed E-state index contributed by atoms with van der Waals surface area (Å²) in [6, 6.07) is 11.4. The molecule has 9 nitrogen and oxygen atoms in total. The lowest BCUT2D eigenvalue weighted by Gasteiger charge is -2.09. The summed E-state index contributed by atoms with van der Waals surface area (Å²) < 4.78 is 17.1. The summed E-state index contributed by atoms with van der Waals surface area (Å²) >= 11 is 0. The zero-order chi connectivity index (χ0) is 21.0. The van der Waals surface area contributed by atoms with Crippen LogP contribution in [0.1, 0.15) is 5.76 Å². The first kappa shape index (κ1) is 18.0. The summed E-state index contributed by atoms with van der Waals surface area (Å²) in [5.41, 5.74) is 1.61. The normalized spacial score (nSPS) is 11.6. The van der Waals surface area contributed by atoms with Crippen LogP contribution in [0, 0.1) is 0 Å². The fraction of sp³-hybridized carbons (Fsp3) is 0.190. The molecule has 4 heterocycles. The van der Waals surface area contributed by atoms with E-state index in [1.54, 1.807) is 24.8 Å². The Morgan fingerprint density at radius 3 is 2.67 bits per heavy atom. The number of ether oxygens (including phenoxy) is 1. The van der Waals surface area contributed by atoms with Crippen LogP contribution in [0.4, 0.5) is 0 Å². The summed E-state index contributed by atoms with van der Waals surface area (Å²) in [6.45, 7) is 0.410. The second-order valence-electron chi connectivity index (χ2n) is 7.07. The van der Waals surface area contributed by atoms with E-state index in [1.165, 1.54) is 11.6 Å². The van der Waals surface area contributed by atoms with Crippen LogP contribution in [-0.4, -0.2) is 30.2 Å². The molecule has 5 aromatic rings. The molecule has 0 N–H and O–H groups in total. The highest BCUT2D eigenvalue weighted by molar-refractivity contribution is 5.78. The van der Waals surface area contributed by atoms with Crippen molar-refractivity contribution in [3.05, 3.63) is 75.5 Å². The maximum absolute atomic E-state index is 12.9. The number of benzene rings is 1. The molecule has 1 aromatic carbocycles. The van der Waals surface area contributed by atoms with Gasteiger partial charge < -0.3 is 13.7 Å². The van der Waals surface area contributed by atoms with Crippen LogP contribution >= 0.6 is 0 Å². The molecule has 0 radical (unpaired) electrons. The summed E-state index contributed by atoms with van der Waals surface area (Å²) in [6.07, 6.45) is 3.47. The van der Waals surface area contributed by atoms with Crippen molar-refractivity contribution in [2.24, 2.45) is 14.1 Å². The molecule has 0 saturated carbocycles. The second kappa shape index (κ2) is 6.51. The molecule has 5 rings (SSSR count). The molecular formula is C21H19N5O4. The highest BCUT2D eigenvalue weighted by Gasteiger charge is 2.21. The van der Waals surface area contributed by atoms with Gasteiger partial charge in [-0.05, 0) is 24.3 Å². The van der Waals surface area contributed by atoms with Crippen LogP contribution in [0.15, 0.2) is 62.9 Å². The fourth-order valence-electron chi connectivity index (χ4n) is 3.74. The van der Waals surface area contributed by atoms with Crippen LogP contribution < -0.4 is 16.0 Å². The Morgan fingerprint density at radius 2 is 1.93 bits per heavy atom. The van der Waals surface area contributed by atoms with Crippen LogP contribution in [0.25, 0.3) is 28.2 Å². The first-order valence-electron chi connectivity index (χ1n) is 9.33. The molecule has 0 amide bonds. The molecule has 152 valence electrons. The van der Waals surface area contributed by atoms with Crippen molar-refractivity contribution in [2.45, 2.75) is 6.54 Å². The number of furan rings is 1. The van der Waals surface area contributed by atoms with Gasteiger partial charge in [0, 0.05) is 25.9 Å². The largest absolute Gasteiger partial charge is 0.497 e. The van der Waals surface area contributed by atoms with E-state index in [-0.39, 0.29) is 0 Å². The molecule has 30 heavy (non-hydrogen) atoms. The first-order valence-corrected chi connectivity index (χ1v) is 9.33. The third kappa shape index (κ3) is 2.52. The number of imidazole rings is 2. The van der Waals surface area contributed by atoms with Crippen molar-refractivity contribution < 1.29 is 9.15 Å². The van der Waals surface area contributed by atoms with Gasteiger partial charge in [-0.3, -0.25) is 18.3 Å². The Morgan fingerprint density at radius 1 is 1.10 bits per heavy atom. The smallest absolute Gasteiger partial charge is 0.332 e. The molecular weight excluding hydrogens is 386 g/mol. The number of aryl methyl sites for hydroxylation is 1. The van der Waals surface area contributed by atoms with E-state index in [4.69, 9.17) is 9.15 Å². The standard InChI is InChI=1S/C21H19N5O4/c1-23-18-17(19(27)24(2)21(23)28)26-12-16(13-6-4-7-14(10-13)29-3)25(20(26)22-18)11-15-8-5-9-30-15/h4-10,12H,11H2,1-3H3. The van der Waals surface area contributed by atoms with E-state index in [2.05, 4.69) is 4.98 Å². The number of nitrogens with zero attached hydrogens (tertiary/aromatic N) is 5. The lowest BCUT2D eigenvalue weighted by molar-refractivity contribution is 0.415. The van der Waals surface area contributed by atoms with E-state index >= 15 is 0 Å². The SMILES string of the molecule is COc1cccc(-c2cn3c4c(=O)n(C)c(=O)n(C)c4nc3n2Cc2ccco2)c1. The molecule has 0 aliphatic heterocycles. The number of fused-ring (bicyclic) bond motifs is 3. The first-order chi connectivity index (χ1) is 14.5. The lowest BCUT2D eigenvalue weighted by atomic mass is 10.1. The summed E-state index contributed by atoms with van der Waals surface area (Å²) in [5.74, 6) is 2.00. The van der Waals surface area contributed by atoms with Crippen molar-refractivity contribution in [2.75, 3.05) is 7.11 Å². The lowest BCUT2D eigenvalue weighted by Crippen LogP contribution is -2.37. The van der Waals surface area contributed by atoms with Gasteiger partial charge in [-0.1, -0.05) is 12.1 Å². The zero-order valence-corrected chi connectivity index (χ0v) is 16.7. The van der Waals surface area contributed by atoms with Crippen LogP contribution in [0.3, 0.4) is 0 Å². The van der Waals surface area contributed by atoms with Gasteiger partial charge in [-0.2, -0.15) is 4.98 Å². The van der Waals surface area contributed by atoms with Gasteiger partial charge in [0.2, 0.25) is 5.78 Å². The van der Waals surface area contributed by atoms with Crippen LogP contribution in [0.5, 0.6) is 5.75 Å². The van der Waals surface area contributed by atoms with Gasteiger partial charge >= 0.3 is 5.69 Å². The quantitative estimate of drug-likeness (QED) is 0.456. The van der Waals surface area contributed by atoms with E-state index in [0.717, 1.165) is 27.3 Å². The molecule has 0 saturated heterocycles. The Bertz CT molecular complexity index is 1520. The Labute approximate surface area is 170 Å². The van der Waals surface area contributed by atoms with Crippen molar-refractivity contribution in [1.82, 2.24) is 23.1 Å². The van der Waals surface area contributed by atoms with Gasteiger partial charge in [0.15, 0.2) is 11.2 Å². The van der Waals surface area contributed by atoms with E-state index in [1.807, 2.05) is 47.2 Å². The summed E-state index contributed by atoms with van der Waals surface area (Å²) in [7, 11) is 4.69. The van der Waals surface area contributed by atoms with Gasteiger partial charge in [0.1, 0.15) is 11.5 Å². The van der Waals surface area contributed by atoms with Crippen LogP contribution in [-0.2, 0) is 20.6 Å². The van der Waals surface area contributed by atoms with Crippen molar-refractivity contribution in [3.8, 4) is 17.0 Å². The Kier molecular flexibility index (Phi) is 3.92. The molecule has 0 aliphatic rings. The van der Waals surface area contributed by atoms with E-state index in [0.29, 0.717) is 23.5 Å². The maximum atomic E-state index is 12.9. The average molecular weight is 405 g/mol. The molecule has 0 spiro atoms. The van der Waals surface area contributed by atoms with E-state index < -0.39 is 11.2 Å². The highest BCUT2D eigenvalue weighted by atomic mass is 16.5. The van der Waals surface area contributed by atoms with Crippen molar-refractivity contribution in [3.63, 3.8) is 0 Å². The summed E-state index contributed by atoms with van der Waals surface area (Å²) in [5, 5.41) is 0. The predicted octanol–water partition coefficient (Wildman–Crippen LogP) is 2.00. The van der Waals surface area contributed by atoms with Crippen molar-refractivity contribution >= 4 is 16.9 Å². The Balaban J connectivity index is 1.87. The molecule has 0 aliphatic carbocycles. The van der Waals surface area contributed by atoms with Crippen LogP contribution in [0.2, 0.25) is 0 Å². The predicted molar refractivity (Wildman–Crippen MR) is 111 cm³/mol.